The second-order valence-electron chi connectivity index (χ2n) is 9.88. The number of esters is 1. The third-order valence-electron chi connectivity index (χ3n) is 6.19. The van der Waals surface area contributed by atoms with Gasteiger partial charge in [-0.2, -0.15) is 0 Å². The minimum absolute atomic E-state index is 0.0395. The number of rotatable bonds is 16. The van der Waals surface area contributed by atoms with Gasteiger partial charge in [-0.25, -0.2) is 0 Å². The van der Waals surface area contributed by atoms with Crippen molar-refractivity contribution in [2.24, 2.45) is 5.92 Å². The molecule has 0 aliphatic heterocycles. The Bertz CT molecular complexity index is 786. The third kappa shape index (κ3) is 11.4. The van der Waals surface area contributed by atoms with E-state index in [2.05, 4.69) is 57.4 Å². The van der Waals surface area contributed by atoms with Crippen LogP contribution in [-0.2, 0) is 22.5 Å². The molecule has 1 atom stereocenters. The standard InChI is InChI=1S/C29H44NO3/c1-5-6-7-8-9-11-14-26-17-19-28(20-18-26)32-24-33-29(31)25(2)21-22-30(3,4)23-27-15-12-10-13-16-27/h10,12-13,15-20,25H,5-9,11,14,21-24H2,1-4H3/q+1. The largest absolute Gasteiger partial charge is 0.457 e. The fourth-order valence-electron chi connectivity index (χ4n) is 3.98. The summed E-state index contributed by atoms with van der Waals surface area (Å²) in [6.07, 6.45) is 9.76. The number of carbonyl (C=O) groups is 1. The maximum Gasteiger partial charge on any atom is 0.311 e. The van der Waals surface area contributed by atoms with Crippen molar-refractivity contribution in [3.8, 4) is 5.75 Å². The van der Waals surface area contributed by atoms with Gasteiger partial charge in [0.2, 0.25) is 6.79 Å². The molecule has 0 N–H and O–H groups in total. The molecule has 1 unspecified atom stereocenters. The molecule has 0 saturated carbocycles. The van der Waals surface area contributed by atoms with E-state index in [4.69, 9.17) is 9.47 Å². The first-order valence-electron chi connectivity index (χ1n) is 12.6. The van der Waals surface area contributed by atoms with Crippen LogP contribution >= 0.6 is 0 Å². The monoisotopic (exact) mass is 454 g/mol. The highest BCUT2D eigenvalue weighted by atomic mass is 16.7. The second-order valence-corrected chi connectivity index (χ2v) is 9.88. The van der Waals surface area contributed by atoms with Crippen molar-refractivity contribution in [2.75, 3.05) is 27.4 Å². The van der Waals surface area contributed by atoms with Gasteiger partial charge >= 0.3 is 5.97 Å². The molecule has 0 heterocycles. The Morgan fingerprint density at radius 1 is 0.879 bits per heavy atom. The summed E-state index contributed by atoms with van der Waals surface area (Å²) in [7, 11) is 4.40. The van der Waals surface area contributed by atoms with Gasteiger partial charge in [-0.1, -0.05) is 88.4 Å². The summed E-state index contributed by atoms with van der Waals surface area (Å²) in [4.78, 5) is 12.4. The van der Waals surface area contributed by atoms with Crippen molar-refractivity contribution in [1.82, 2.24) is 0 Å². The van der Waals surface area contributed by atoms with Crippen molar-refractivity contribution in [2.45, 2.75) is 71.8 Å². The minimum Gasteiger partial charge on any atom is -0.457 e. The predicted octanol–water partition coefficient (Wildman–Crippen LogP) is 6.77. The van der Waals surface area contributed by atoms with Crippen LogP contribution in [0.4, 0.5) is 0 Å². The summed E-state index contributed by atoms with van der Waals surface area (Å²) in [5.41, 5.74) is 2.64. The van der Waals surface area contributed by atoms with Gasteiger partial charge in [0.1, 0.15) is 12.3 Å². The lowest BCUT2D eigenvalue weighted by atomic mass is 10.1. The van der Waals surface area contributed by atoms with Crippen molar-refractivity contribution in [1.29, 1.82) is 0 Å². The van der Waals surface area contributed by atoms with Crippen LogP contribution < -0.4 is 4.74 Å². The van der Waals surface area contributed by atoms with Crippen LogP contribution in [0, 0.1) is 5.92 Å². The number of hydrogen-bond donors (Lipinski definition) is 0. The van der Waals surface area contributed by atoms with E-state index in [-0.39, 0.29) is 18.7 Å². The Balaban J connectivity index is 1.62. The Morgan fingerprint density at radius 3 is 2.24 bits per heavy atom. The molecular formula is C29H44NO3+. The first kappa shape index (κ1) is 26.9. The van der Waals surface area contributed by atoms with Crippen molar-refractivity contribution in [3.05, 3.63) is 65.7 Å². The fraction of sp³-hybridized carbons (Fsp3) is 0.552. The molecule has 4 nitrogen and oxygen atoms in total. The molecule has 4 heteroatoms. The number of aryl methyl sites for hydroxylation is 1. The topological polar surface area (TPSA) is 35.5 Å². The molecule has 0 bridgehead atoms. The highest BCUT2D eigenvalue weighted by Gasteiger charge is 2.21. The van der Waals surface area contributed by atoms with Crippen LogP contribution in [0.3, 0.4) is 0 Å². The SMILES string of the molecule is CCCCCCCCc1ccc(OCOC(=O)C(C)CC[N+](C)(C)Cc2ccccc2)cc1. The summed E-state index contributed by atoms with van der Waals surface area (Å²) in [5, 5.41) is 0. The van der Waals surface area contributed by atoms with Crippen LogP contribution in [0.2, 0.25) is 0 Å². The quantitative estimate of drug-likeness (QED) is 0.121. The summed E-state index contributed by atoms with van der Waals surface area (Å²) in [5.74, 6) is 0.388. The van der Waals surface area contributed by atoms with E-state index in [1.165, 1.54) is 49.7 Å². The third-order valence-corrected chi connectivity index (χ3v) is 6.19. The van der Waals surface area contributed by atoms with E-state index in [1.807, 2.05) is 25.1 Å². The maximum absolute atomic E-state index is 12.4. The van der Waals surface area contributed by atoms with Gasteiger partial charge in [0.05, 0.1) is 26.6 Å². The number of unbranched alkanes of at least 4 members (excludes halogenated alkanes) is 5. The lowest BCUT2D eigenvalue weighted by Gasteiger charge is -2.30. The molecule has 0 saturated heterocycles. The van der Waals surface area contributed by atoms with Crippen LogP contribution in [0.15, 0.2) is 54.6 Å². The normalized spacial score (nSPS) is 12.4. The second kappa shape index (κ2) is 14.7. The van der Waals surface area contributed by atoms with E-state index in [1.54, 1.807) is 0 Å². The average Bonchev–Trinajstić information content (AvgIpc) is 2.81. The number of nitrogens with zero attached hydrogens (tertiary/aromatic N) is 1. The summed E-state index contributed by atoms with van der Waals surface area (Å²) < 4.78 is 11.8. The average molecular weight is 455 g/mol. The van der Waals surface area contributed by atoms with Crippen LogP contribution in [-0.4, -0.2) is 37.9 Å². The Hall–Kier alpha value is -2.33. The molecule has 0 aliphatic rings. The number of quaternary nitrogens is 1. The number of benzene rings is 2. The fourth-order valence-corrected chi connectivity index (χ4v) is 3.98. The van der Waals surface area contributed by atoms with Gasteiger partial charge in [-0.3, -0.25) is 4.79 Å². The van der Waals surface area contributed by atoms with Gasteiger partial charge < -0.3 is 14.0 Å². The molecule has 0 radical (unpaired) electrons. The van der Waals surface area contributed by atoms with Crippen molar-refractivity contribution >= 4 is 5.97 Å². The highest BCUT2D eigenvalue weighted by molar-refractivity contribution is 5.71. The van der Waals surface area contributed by atoms with E-state index < -0.39 is 0 Å². The lowest BCUT2D eigenvalue weighted by Crippen LogP contribution is -2.40. The molecule has 2 aromatic carbocycles. The molecule has 0 spiro atoms. The zero-order chi connectivity index (χ0) is 23.9. The molecular weight excluding hydrogens is 410 g/mol. The molecule has 0 fully saturated rings. The molecule has 2 rings (SSSR count). The maximum atomic E-state index is 12.4. The Morgan fingerprint density at radius 2 is 1.55 bits per heavy atom. The highest BCUT2D eigenvalue weighted by Crippen LogP contribution is 2.17. The van der Waals surface area contributed by atoms with Gasteiger partial charge in [0.15, 0.2) is 0 Å². The van der Waals surface area contributed by atoms with Crippen LogP contribution in [0.1, 0.15) is 69.9 Å². The molecule has 0 aromatic heterocycles. The summed E-state index contributed by atoms with van der Waals surface area (Å²) >= 11 is 0. The zero-order valence-electron chi connectivity index (χ0n) is 21.2. The molecule has 33 heavy (non-hydrogen) atoms. The van der Waals surface area contributed by atoms with Gasteiger partial charge in [0.25, 0.3) is 0 Å². The first-order chi connectivity index (χ1) is 15.9. The van der Waals surface area contributed by atoms with Gasteiger partial charge in [-0.05, 0) is 30.5 Å². The zero-order valence-corrected chi connectivity index (χ0v) is 21.2. The van der Waals surface area contributed by atoms with E-state index in [0.29, 0.717) is 0 Å². The Labute approximate surface area is 201 Å². The summed E-state index contributed by atoms with van der Waals surface area (Å²) in [6, 6.07) is 18.6. The molecule has 0 aliphatic carbocycles. The molecule has 0 amide bonds. The smallest absolute Gasteiger partial charge is 0.311 e. The van der Waals surface area contributed by atoms with E-state index in [0.717, 1.165) is 36.2 Å². The van der Waals surface area contributed by atoms with Crippen molar-refractivity contribution in [3.63, 3.8) is 0 Å². The number of ether oxygens (including phenoxy) is 2. The lowest BCUT2D eigenvalue weighted by molar-refractivity contribution is -0.904. The predicted molar refractivity (Wildman–Crippen MR) is 136 cm³/mol. The van der Waals surface area contributed by atoms with Gasteiger partial charge in [0, 0.05) is 12.0 Å². The summed E-state index contributed by atoms with van der Waals surface area (Å²) in [6.45, 7) is 6.00. The number of carbonyl (C=O) groups excluding carboxylic acids is 1. The van der Waals surface area contributed by atoms with E-state index >= 15 is 0 Å². The van der Waals surface area contributed by atoms with Crippen molar-refractivity contribution < 1.29 is 18.8 Å². The van der Waals surface area contributed by atoms with Crippen LogP contribution in [0.25, 0.3) is 0 Å². The first-order valence-corrected chi connectivity index (χ1v) is 12.6. The van der Waals surface area contributed by atoms with Crippen LogP contribution in [0.5, 0.6) is 5.75 Å². The number of hydrogen-bond acceptors (Lipinski definition) is 3. The van der Waals surface area contributed by atoms with Gasteiger partial charge in [-0.15, -0.1) is 0 Å². The minimum atomic E-state index is -0.200. The molecule has 182 valence electrons. The molecule has 2 aromatic rings. The Kier molecular flexibility index (Phi) is 12.0. The van der Waals surface area contributed by atoms with E-state index in [9.17, 15) is 4.79 Å².